The first-order valence-corrected chi connectivity index (χ1v) is 6.28. The molecule has 6 heteroatoms. The van der Waals surface area contributed by atoms with Crippen molar-refractivity contribution in [1.29, 1.82) is 0 Å². The van der Waals surface area contributed by atoms with Crippen molar-refractivity contribution in [2.75, 3.05) is 0 Å². The molecule has 0 spiro atoms. The third-order valence-corrected chi connectivity index (χ3v) is 3.18. The molecule has 0 aliphatic heterocycles. The molecule has 18 heavy (non-hydrogen) atoms. The molecule has 0 fully saturated rings. The lowest BCUT2D eigenvalue weighted by Crippen LogP contribution is -2.17. The van der Waals surface area contributed by atoms with E-state index in [9.17, 15) is 13.2 Å². The van der Waals surface area contributed by atoms with Crippen molar-refractivity contribution < 1.29 is 13.2 Å². The number of hydrogen-bond donors (Lipinski definition) is 0. The molecular formula is C12H11F3N2S. The van der Waals surface area contributed by atoms with Crippen LogP contribution >= 0.6 is 11.8 Å². The fourth-order valence-electron chi connectivity index (χ4n) is 1.42. The van der Waals surface area contributed by atoms with Crippen molar-refractivity contribution in [2.24, 2.45) is 0 Å². The number of rotatable bonds is 4. The van der Waals surface area contributed by atoms with Crippen molar-refractivity contribution >= 4 is 11.8 Å². The van der Waals surface area contributed by atoms with Crippen molar-refractivity contribution in [3.63, 3.8) is 0 Å². The van der Waals surface area contributed by atoms with Crippen molar-refractivity contribution in [3.05, 3.63) is 48.2 Å². The maximum Gasteiger partial charge on any atom is 0.408 e. The minimum atomic E-state index is -4.23. The maximum absolute atomic E-state index is 12.1. The van der Waals surface area contributed by atoms with E-state index in [-0.39, 0.29) is 0 Å². The van der Waals surface area contributed by atoms with E-state index < -0.39 is 12.7 Å². The van der Waals surface area contributed by atoms with E-state index in [0.29, 0.717) is 10.8 Å². The number of thioether (sulfide) groups is 1. The highest BCUT2D eigenvalue weighted by Gasteiger charge is 2.28. The van der Waals surface area contributed by atoms with E-state index in [0.717, 1.165) is 10.2 Å². The van der Waals surface area contributed by atoms with Gasteiger partial charge in [0.05, 0.1) is 0 Å². The Bertz CT molecular complexity index is 494. The summed E-state index contributed by atoms with van der Waals surface area (Å²) in [7, 11) is 0. The predicted molar refractivity (Wildman–Crippen MR) is 64.3 cm³/mol. The highest BCUT2D eigenvalue weighted by atomic mass is 32.2. The Morgan fingerprint density at radius 2 is 1.83 bits per heavy atom. The minimum absolute atomic E-state index is 0.600. The second-order valence-electron chi connectivity index (χ2n) is 3.74. The molecule has 0 saturated heterocycles. The van der Waals surface area contributed by atoms with Gasteiger partial charge < -0.3 is 0 Å². The van der Waals surface area contributed by atoms with Crippen LogP contribution in [0.1, 0.15) is 5.56 Å². The van der Waals surface area contributed by atoms with Crippen LogP contribution in [-0.2, 0) is 12.3 Å². The summed E-state index contributed by atoms with van der Waals surface area (Å²) in [6.07, 6.45) is -2.88. The Morgan fingerprint density at radius 3 is 2.50 bits per heavy atom. The molecule has 0 unspecified atom stereocenters. The zero-order chi connectivity index (χ0) is 13.0. The van der Waals surface area contributed by atoms with Gasteiger partial charge >= 0.3 is 6.18 Å². The summed E-state index contributed by atoms with van der Waals surface area (Å²) in [6, 6.07) is 11.3. The van der Waals surface area contributed by atoms with Gasteiger partial charge in [-0.2, -0.15) is 18.3 Å². The summed E-state index contributed by atoms with van der Waals surface area (Å²) < 4.78 is 37.3. The number of benzene rings is 1. The minimum Gasteiger partial charge on any atom is -0.262 e. The summed E-state index contributed by atoms with van der Waals surface area (Å²) in [5, 5.41) is 4.47. The molecule has 2 rings (SSSR count). The Labute approximate surface area is 107 Å². The van der Waals surface area contributed by atoms with Gasteiger partial charge in [0.15, 0.2) is 0 Å². The van der Waals surface area contributed by atoms with Gasteiger partial charge in [0.2, 0.25) is 0 Å². The number of hydrogen-bond acceptors (Lipinski definition) is 2. The van der Waals surface area contributed by atoms with E-state index >= 15 is 0 Å². The third kappa shape index (κ3) is 4.10. The zero-order valence-corrected chi connectivity index (χ0v) is 10.2. The molecule has 2 nitrogen and oxygen atoms in total. The van der Waals surface area contributed by atoms with Gasteiger partial charge in [-0.15, -0.1) is 0 Å². The smallest absolute Gasteiger partial charge is 0.262 e. The van der Waals surface area contributed by atoms with Crippen LogP contribution in [0.2, 0.25) is 0 Å². The summed E-state index contributed by atoms with van der Waals surface area (Å²) in [6.45, 7) is -1.04. The molecule has 0 saturated carbocycles. The Morgan fingerprint density at radius 1 is 1.11 bits per heavy atom. The third-order valence-electron chi connectivity index (χ3n) is 2.19. The second-order valence-corrected chi connectivity index (χ2v) is 4.74. The molecule has 0 aliphatic rings. The highest BCUT2D eigenvalue weighted by Crippen LogP contribution is 2.22. The first-order valence-electron chi connectivity index (χ1n) is 5.30. The van der Waals surface area contributed by atoms with Crippen molar-refractivity contribution in [3.8, 4) is 0 Å². The van der Waals surface area contributed by atoms with Crippen LogP contribution < -0.4 is 0 Å². The van der Waals surface area contributed by atoms with Crippen LogP contribution in [0.25, 0.3) is 0 Å². The fourth-order valence-corrected chi connectivity index (χ4v) is 2.25. The van der Waals surface area contributed by atoms with Crippen LogP contribution in [0.5, 0.6) is 0 Å². The quantitative estimate of drug-likeness (QED) is 0.789. The second kappa shape index (κ2) is 5.48. The van der Waals surface area contributed by atoms with Gasteiger partial charge in [0, 0.05) is 11.9 Å². The van der Waals surface area contributed by atoms with Gasteiger partial charge in [0.25, 0.3) is 0 Å². The van der Waals surface area contributed by atoms with E-state index in [2.05, 4.69) is 5.10 Å². The van der Waals surface area contributed by atoms with Gasteiger partial charge in [-0.1, -0.05) is 42.1 Å². The molecule has 0 bridgehead atoms. The van der Waals surface area contributed by atoms with Gasteiger partial charge in [-0.3, -0.25) is 4.68 Å². The van der Waals surface area contributed by atoms with Gasteiger partial charge in [-0.25, -0.2) is 0 Å². The van der Waals surface area contributed by atoms with E-state index in [1.807, 2.05) is 30.3 Å². The summed E-state index contributed by atoms with van der Waals surface area (Å²) >= 11 is 1.42. The van der Waals surface area contributed by atoms with Crippen LogP contribution in [0.3, 0.4) is 0 Å². The molecule has 0 radical (unpaired) electrons. The Hall–Kier alpha value is -1.43. The zero-order valence-electron chi connectivity index (χ0n) is 9.39. The molecular weight excluding hydrogens is 261 g/mol. The van der Waals surface area contributed by atoms with Crippen molar-refractivity contribution in [2.45, 2.75) is 23.5 Å². The molecule has 2 aromatic rings. The average molecular weight is 272 g/mol. The standard InChI is InChI=1S/C12H11F3N2S/c13-12(14,15)9-17-7-6-11(16-17)18-8-10-4-2-1-3-5-10/h1-7H,8-9H2. The number of aromatic nitrogens is 2. The molecule has 1 heterocycles. The topological polar surface area (TPSA) is 17.8 Å². The molecule has 0 N–H and O–H groups in total. The number of nitrogens with zero attached hydrogens (tertiary/aromatic N) is 2. The van der Waals surface area contributed by atoms with E-state index in [4.69, 9.17) is 0 Å². The lowest BCUT2D eigenvalue weighted by molar-refractivity contribution is -0.142. The average Bonchev–Trinajstić information content (AvgIpc) is 2.73. The molecule has 96 valence electrons. The summed E-state index contributed by atoms with van der Waals surface area (Å²) in [5.74, 6) is 0.698. The lowest BCUT2D eigenvalue weighted by atomic mass is 10.2. The number of alkyl halides is 3. The van der Waals surface area contributed by atoms with Gasteiger partial charge in [-0.05, 0) is 11.6 Å². The molecule has 0 amide bonds. The summed E-state index contributed by atoms with van der Waals surface area (Å²) in [4.78, 5) is 0. The molecule has 0 aliphatic carbocycles. The fraction of sp³-hybridized carbons (Fsp3) is 0.250. The monoisotopic (exact) mass is 272 g/mol. The van der Waals surface area contributed by atoms with Crippen LogP contribution in [-0.4, -0.2) is 16.0 Å². The van der Waals surface area contributed by atoms with Crippen LogP contribution in [0.4, 0.5) is 13.2 Å². The SMILES string of the molecule is FC(F)(F)Cn1ccc(SCc2ccccc2)n1. The summed E-state index contributed by atoms with van der Waals surface area (Å²) in [5.41, 5.74) is 1.12. The maximum atomic E-state index is 12.1. The van der Waals surface area contributed by atoms with Crippen LogP contribution in [0, 0.1) is 0 Å². The Balaban J connectivity index is 1.91. The Kier molecular flexibility index (Phi) is 3.96. The van der Waals surface area contributed by atoms with E-state index in [1.54, 1.807) is 6.07 Å². The lowest BCUT2D eigenvalue weighted by Gasteiger charge is -2.05. The predicted octanol–water partition coefficient (Wildman–Crippen LogP) is 3.74. The first-order chi connectivity index (χ1) is 8.53. The first kappa shape index (κ1) is 13.0. The van der Waals surface area contributed by atoms with Crippen molar-refractivity contribution in [1.82, 2.24) is 9.78 Å². The molecule has 1 aromatic carbocycles. The van der Waals surface area contributed by atoms with Gasteiger partial charge in [0.1, 0.15) is 11.6 Å². The molecule has 0 atom stereocenters. The largest absolute Gasteiger partial charge is 0.408 e. The van der Waals surface area contributed by atoms with Crippen LogP contribution in [0.15, 0.2) is 47.6 Å². The van der Waals surface area contributed by atoms with E-state index in [1.165, 1.54) is 18.0 Å². The normalized spacial score (nSPS) is 11.7. The highest BCUT2D eigenvalue weighted by molar-refractivity contribution is 7.98. The molecule has 1 aromatic heterocycles. The number of halogens is 3.